The van der Waals surface area contributed by atoms with E-state index in [9.17, 15) is 9.90 Å². The number of benzene rings is 3. The Hall–Kier alpha value is -3.14. The van der Waals surface area contributed by atoms with Crippen molar-refractivity contribution in [1.82, 2.24) is 5.43 Å². The summed E-state index contributed by atoms with van der Waals surface area (Å²) in [5.41, 5.74) is 4.66. The second-order valence-electron chi connectivity index (χ2n) is 5.33. The van der Waals surface area contributed by atoms with Crippen molar-refractivity contribution >= 4 is 22.9 Å². The summed E-state index contributed by atoms with van der Waals surface area (Å²) in [6.45, 7) is 1.99. The third-order valence-electron chi connectivity index (χ3n) is 3.53. The van der Waals surface area contributed by atoms with Gasteiger partial charge in [-0.2, -0.15) is 5.10 Å². The predicted molar refractivity (Wildman–Crippen MR) is 91.9 cm³/mol. The number of nitrogens with one attached hydrogen (secondary N) is 1. The quantitative estimate of drug-likeness (QED) is 0.573. The van der Waals surface area contributed by atoms with Crippen LogP contribution < -0.4 is 5.43 Å². The molecule has 0 heterocycles. The Morgan fingerprint density at radius 1 is 1.04 bits per heavy atom. The lowest BCUT2D eigenvalue weighted by atomic mass is 10.1. The molecule has 2 N–H and O–H groups in total. The number of nitrogens with zero attached hydrogens (tertiary/aromatic N) is 1. The smallest absolute Gasteiger partial charge is 0.275 e. The highest BCUT2D eigenvalue weighted by Crippen LogP contribution is 2.24. The van der Waals surface area contributed by atoms with Crippen molar-refractivity contribution in [3.05, 3.63) is 77.4 Å². The number of phenolic OH excluding ortho intramolecular Hbond substituents is 1. The van der Waals surface area contributed by atoms with Gasteiger partial charge in [0.1, 0.15) is 5.75 Å². The monoisotopic (exact) mass is 304 g/mol. The molecule has 0 bridgehead atoms. The van der Waals surface area contributed by atoms with Crippen molar-refractivity contribution in [1.29, 1.82) is 0 Å². The van der Waals surface area contributed by atoms with Crippen LogP contribution >= 0.6 is 0 Å². The average molecular weight is 304 g/mol. The van der Waals surface area contributed by atoms with Gasteiger partial charge in [-0.15, -0.1) is 0 Å². The highest BCUT2D eigenvalue weighted by molar-refractivity contribution is 6.01. The highest BCUT2D eigenvalue weighted by atomic mass is 16.3. The summed E-state index contributed by atoms with van der Waals surface area (Å²) >= 11 is 0. The Morgan fingerprint density at radius 3 is 2.52 bits per heavy atom. The van der Waals surface area contributed by atoms with E-state index in [1.165, 1.54) is 0 Å². The molecule has 0 spiro atoms. The molecule has 0 atom stereocenters. The minimum Gasteiger partial charge on any atom is -0.507 e. The summed E-state index contributed by atoms with van der Waals surface area (Å²) < 4.78 is 0. The summed E-state index contributed by atoms with van der Waals surface area (Å²) in [5.74, 6) is -0.510. The molecule has 0 aromatic heterocycles. The fourth-order valence-electron chi connectivity index (χ4n) is 2.39. The van der Waals surface area contributed by atoms with Gasteiger partial charge in [0, 0.05) is 0 Å². The lowest BCUT2D eigenvalue weighted by Gasteiger charge is -2.05. The Labute approximate surface area is 134 Å². The van der Waals surface area contributed by atoms with Crippen molar-refractivity contribution in [3.8, 4) is 5.75 Å². The molecule has 23 heavy (non-hydrogen) atoms. The van der Waals surface area contributed by atoms with Crippen molar-refractivity contribution in [3.63, 3.8) is 0 Å². The largest absolute Gasteiger partial charge is 0.507 e. The number of carbonyl (C=O) groups is 1. The summed E-state index contributed by atoms with van der Waals surface area (Å²) in [4.78, 5) is 12.2. The first-order valence-electron chi connectivity index (χ1n) is 7.25. The number of phenols is 1. The molecule has 0 aliphatic heterocycles. The standard InChI is InChI=1S/C19H16N2O2/c1-13-5-4-6-14(9-13)12-20-21-19(23)17-10-15-7-2-3-8-16(15)11-18(17)22/h2-12,22H,1H3,(H,21,23). The molecule has 0 aliphatic rings. The van der Waals surface area contributed by atoms with Crippen LogP contribution in [0.4, 0.5) is 0 Å². The Balaban J connectivity index is 1.79. The van der Waals surface area contributed by atoms with E-state index < -0.39 is 5.91 Å². The second kappa shape index (κ2) is 6.32. The predicted octanol–water partition coefficient (Wildman–Crippen LogP) is 3.62. The SMILES string of the molecule is Cc1cccc(C=NNC(=O)c2cc3ccccc3cc2O)c1. The Bertz CT molecular complexity index is 901. The molecular weight excluding hydrogens is 288 g/mol. The fraction of sp³-hybridized carbons (Fsp3) is 0.0526. The van der Waals surface area contributed by atoms with Gasteiger partial charge >= 0.3 is 0 Å². The zero-order chi connectivity index (χ0) is 16.2. The summed E-state index contributed by atoms with van der Waals surface area (Å²) in [5, 5.41) is 15.7. The molecule has 4 heteroatoms. The van der Waals surface area contributed by atoms with E-state index in [0.29, 0.717) is 0 Å². The molecule has 0 radical (unpaired) electrons. The molecule has 3 aromatic carbocycles. The first kappa shape index (κ1) is 14.8. The van der Waals surface area contributed by atoms with Gasteiger partial charge in [-0.1, -0.05) is 54.1 Å². The van der Waals surface area contributed by atoms with Gasteiger partial charge in [-0.05, 0) is 35.4 Å². The lowest BCUT2D eigenvalue weighted by Crippen LogP contribution is -2.17. The zero-order valence-electron chi connectivity index (χ0n) is 12.7. The third kappa shape index (κ3) is 3.37. The first-order valence-corrected chi connectivity index (χ1v) is 7.25. The molecule has 4 nitrogen and oxygen atoms in total. The molecule has 0 aliphatic carbocycles. The van der Waals surface area contributed by atoms with Gasteiger partial charge in [-0.25, -0.2) is 5.43 Å². The molecule has 0 unspecified atom stereocenters. The maximum absolute atomic E-state index is 12.2. The number of amides is 1. The molecule has 1 amide bonds. The van der Waals surface area contributed by atoms with Crippen LogP contribution in [0.5, 0.6) is 5.75 Å². The van der Waals surface area contributed by atoms with E-state index in [0.717, 1.165) is 21.9 Å². The molecular formula is C19H16N2O2. The van der Waals surface area contributed by atoms with E-state index in [2.05, 4.69) is 10.5 Å². The number of fused-ring (bicyclic) bond motifs is 1. The number of aryl methyl sites for hydroxylation is 1. The molecule has 0 fully saturated rings. The fourth-order valence-corrected chi connectivity index (χ4v) is 2.39. The number of aromatic hydroxyl groups is 1. The van der Waals surface area contributed by atoms with Gasteiger partial charge in [-0.3, -0.25) is 4.79 Å². The van der Waals surface area contributed by atoms with E-state index >= 15 is 0 Å². The number of rotatable bonds is 3. The number of hydrazone groups is 1. The summed E-state index contributed by atoms with van der Waals surface area (Å²) in [6, 6.07) is 18.5. The maximum atomic E-state index is 12.2. The van der Waals surface area contributed by atoms with Crippen molar-refractivity contribution in [2.75, 3.05) is 0 Å². The van der Waals surface area contributed by atoms with Crippen LogP contribution in [0.15, 0.2) is 65.8 Å². The highest BCUT2D eigenvalue weighted by Gasteiger charge is 2.11. The molecule has 0 saturated heterocycles. The van der Waals surface area contributed by atoms with Gasteiger partial charge in [0.2, 0.25) is 0 Å². The number of hydrogen-bond donors (Lipinski definition) is 2. The van der Waals surface area contributed by atoms with E-state index in [1.807, 2.05) is 55.5 Å². The minimum atomic E-state index is -0.447. The average Bonchev–Trinajstić information content (AvgIpc) is 2.54. The topological polar surface area (TPSA) is 61.7 Å². The summed E-state index contributed by atoms with van der Waals surface area (Å²) in [6.07, 6.45) is 1.57. The van der Waals surface area contributed by atoms with Gasteiger partial charge < -0.3 is 5.11 Å². The van der Waals surface area contributed by atoms with E-state index in [-0.39, 0.29) is 11.3 Å². The molecule has 114 valence electrons. The van der Waals surface area contributed by atoms with Crippen LogP contribution in [-0.4, -0.2) is 17.2 Å². The van der Waals surface area contributed by atoms with Crippen molar-refractivity contribution < 1.29 is 9.90 Å². The first-order chi connectivity index (χ1) is 11.1. The van der Waals surface area contributed by atoms with Gasteiger partial charge in [0.05, 0.1) is 11.8 Å². The second-order valence-corrected chi connectivity index (χ2v) is 5.33. The minimum absolute atomic E-state index is 0.0630. The van der Waals surface area contributed by atoms with Crippen molar-refractivity contribution in [2.45, 2.75) is 6.92 Å². The van der Waals surface area contributed by atoms with Crippen molar-refractivity contribution in [2.24, 2.45) is 5.10 Å². The van der Waals surface area contributed by atoms with Crippen LogP contribution in [-0.2, 0) is 0 Å². The molecule has 3 rings (SSSR count). The number of carbonyl (C=O) groups excluding carboxylic acids is 1. The van der Waals surface area contributed by atoms with Crippen LogP contribution in [0, 0.1) is 6.92 Å². The lowest BCUT2D eigenvalue weighted by molar-refractivity contribution is 0.0952. The van der Waals surface area contributed by atoms with Crippen LogP contribution in [0.3, 0.4) is 0 Å². The third-order valence-corrected chi connectivity index (χ3v) is 3.53. The Morgan fingerprint density at radius 2 is 1.78 bits per heavy atom. The van der Waals surface area contributed by atoms with E-state index in [1.54, 1.807) is 18.3 Å². The zero-order valence-corrected chi connectivity index (χ0v) is 12.7. The molecule has 3 aromatic rings. The van der Waals surface area contributed by atoms with Gasteiger partial charge in [0.15, 0.2) is 0 Å². The number of hydrogen-bond acceptors (Lipinski definition) is 3. The van der Waals surface area contributed by atoms with Gasteiger partial charge in [0.25, 0.3) is 5.91 Å². The summed E-state index contributed by atoms with van der Waals surface area (Å²) in [7, 11) is 0. The Kier molecular flexibility index (Phi) is 4.06. The van der Waals surface area contributed by atoms with Crippen LogP contribution in [0.2, 0.25) is 0 Å². The van der Waals surface area contributed by atoms with Crippen LogP contribution in [0.1, 0.15) is 21.5 Å². The molecule has 0 saturated carbocycles. The maximum Gasteiger partial charge on any atom is 0.275 e. The van der Waals surface area contributed by atoms with Crippen LogP contribution in [0.25, 0.3) is 10.8 Å². The van der Waals surface area contributed by atoms with E-state index in [4.69, 9.17) is 0 Å². The normalized spacial score (nSPS) is 11.0.